The summed E-state index contributed by atoms with van der Waals surface area (Å²) < 4.78 is 12.9. The van der Waals surface area contributed by atoms with Crippen LogP contribution in [0.15, 0.2) is 48.8 Å². The molecule has 1 N–H and O–H groups in total. The van der Waals surface area contributed by atoms with Crippen molar-refractivity contribution in [1.29, 1.82) is 0 Å². The SMILES string of the molecule is COc1ccc(C)cc1-n1ccc(C(=O)NCc2ccc(OC3CCCC3)nc2)n1. The smallest absolute Gasteiger partial charge is 0.272 e. The van der Waals surface area contributed by atoms with E-state index in [1.165, 1.54) is 12.8 Å². The number of benzene rings is 1. The van der Waals surface area contributed by atoms with Gasteiger partial charge in [0.2, 0.25) is 5.88 Å². The second-order valence-electron chi connectivity index (χ2n) is 7.53. The maximum absolute atomic E-state index is 12.5. The first-order valence-electron chi connectivity index (χ1n) is 10.2. The van der Waals surface area contributed by atoms with Crippen LogP contribution in [0.3, 0.4) is 0 Å². The molecule has 30 heavy (non-hydrogen) atoms. The molecule has 1 fully saturated rings. The Morgan fingerprint density at radius 1 is 1.20 bits per heavy atom. The summed E-state index contributed by atoms with van der Waals surface area (Å²) in [5.41, 5.74) is 3.12. The van der Waals surface area contributed by atoms with E-state index < -0.39 is 0 Å². The number of carbonyl (C=O) groups is 1. The molecule has 0 unspecified atom stereocenters. The van der Waals surface area contributed by atoms with Gasteiger partial charge in [-0.3, -0.25) is 4.79 Å². The lowest BCUT2D eigenvalue weighted by Gasteiger charge is -2.12. The van der Waals surface area contributed by atoms with E-state index in [2.05, 4.69) is 15.4 Å². The van der Waals surface area contributed by atoms with Crippen molar-refractivity contribution in [1.82, 2.24) is 20.1 Å². The van der Waals surface area contributed by atoms with E-state index in [4.69, 9.17) is 9.47 Å². The number of methoxy groups -OCH3 is 1. The van der Waals surface area contributed by atoms with Crippen LogP contribution in [0.25, 0.3) is 5.69 Å². The molecule has 4 rings (SSSR count). The second kappa shape index (κ2) is 8.98. The molecule has 1 aliphatic carbocycles. The molecule has 0 saturated heterocycles. The number of aryl methyl sites for hydroxylation is 1. The fourth-order valence-corrected chi connectivity index (χ4v) is 3.59. The number of amides is 1. The van der Waals surface area contributed by atoms with Gasteiger partial charge in [-0.25, -0.2) is 9.67 Å². The van der Waals surface area contributed by atoms with Gasteiger partial charge in [-0.1, -0.05) is 12.1 Å². The Bertz CT molecular complexity index is 1010. The van der Waals surface area contributed by atoms with Gasteiger partial charge < -0.3 is 14.8 Å². The van der Waals surface area contributed by atoms with Crippen molar-refractivity contribution in [3.05, 3.63) is 65.6 Å². The third-order valence-electron chi connectivity index (χ3n) is 5.24. The highest BCUT2D eigenvalue weighted by atomic mass is 16.5. The van der Waals surface area contributed by atoms with Crippen molar-refractivity contribution in [2.75, 3.05) is 7.11 Å². The Kier molecular flexibility index (Phi) is 5.97. The van der Waals surface area contributed by atoms with E-state index in [1.807, 2.05) is 37.3 Å². The summed E-state index contributed by atoms with van der Waals surface area (Å²) in [6.07, 6.45) is 8.41. The summed E-state index contributed by atoms with van der Waals surface area (Å²) in [6.45, 7) is 2.37. The molecule has 1 amide bonds. The molecule has 1 aromatic carbocycles. The number of hydrogen-bond acceptors (Lipinski definition) is 5. The first kappa shape index (κ1) is 19.9. The lowest BCUT2D eigenvalue weighted by Crippen LogP contribution is -2.23. The molecule has 2 aromatic heterocycles. The van der Waals surface area contributed by atoms with Crippen LogP contribution in [-0.2, 0) is 6.54 Å². The minimum absolute atomic E-state index is 0.244. The monoisotopic (exact) mass is 406 g/mol. The third-order valence-corrected chi connectivity index (χ3v) is 5.24. The van der Waals surface area contributed by atoms with Gasteiger partial charge in [-0.05, 0) is 61.9 Å². The fraction of sp³-hybridized carbons (Fsp3) is 0.348. The molecule has 1 aliphatic rings. The van der Waals surface area contributed by atoms with Gasteiger partial charge in [0.1, 0.15) is 17.5 Å². The van der Waals surface area contributed by atoms with E-state index in [1.54, 1.807) is 30.3 Å². The van der Waals surface area contributed by atoms with Gasteiger partial charge in [0.15, 0.2) is 5.69 Å². The lowest BCUT2D eigenvalue weighted by molar-refractivity contribution is 0.0945. The molecule has 0 aliphatic heterocycles. The molecule has 2 heterocycles. The van der Waals surface area contributed by atoms with Crippen LogP contribution in [0.1, 0.15) is 47.3 Å². The fourth-order valence-electron chi connectivity index (χ4n) is 3.59. The van der Waals surface area contributed by atoms with Crippen molar-refractivity contribution in [2.45, 2.75) is 45.3 Å². The van der Waals surface area contributed by atoms with E-state index in [-0.39, 0.29) is 12.0 Å². The van der Waals surface area contributed by atoms with Crippen LogP contribution in [0.4, 0.5) is 0 Å². The normalized spacial score (nSPS) is 13.9. The zero-order valence-electron chi connectivity index (χ0n) is 17.3. The first-order chi connectivity index (χ1) is 14.6. The quantitative estimate of drug-likeness (QED) is 0.645. The van der Waals surface area contributed by atoms with Crippen molar-refractivity contribution in [3.63, 3.8) is 0 Å². The zero-order valence-corrected chi connectivity index (χ0v) is 17.3. The van der Waals surface area contributed by atoms with Crippen LogP contribution in [0.2, 0.25) is 0 Å². The Morgan fingerprint density at radius 2 is 2.03 bits per heavy atom. The van der Waals surface area contributed by atoms with Gasteiger partial charge in [0, 0.05) is 25.0 Å². The molecule has 7 heteroatoms. The van der Waals surface area contributed by atoms with Crippen molar-refractivity contribution >= 4 is 5.91 Å². The molecule has 0 atom stereocenters. The van der Waals surface area contributed by atoms with Gasteiger partial charge >= 0.3 is 0 Å². The number of nitrogens with zero attached hydrogens (tertiary/aromatic N) is 3. The molecule has 3 aromatic rings. The second-order valence-corrected chi connectivity index (χ2v) is 7.53. The Hall–Kier alpha value is -3.35. The molecule has 1 saturated carbocycles. The molecule has 156 valence electrons. The Morgan fingerprint density at radius 3 is 2.77 bits per heavy atom. The van der Waals surface area contributed by atoms with Gasteiger partial charge in [-0.2, -0.15) is 5.10 Å². The number of rotatable bonds is 7. The molecule has 0 spiro atoms. The van der Waals surface area contributed by atoms with Crippen LogP contribution >= 0.6 is 0 Å². The minimum Gasteiger partial charge on any atom is -0.494 e. The molecular formula is C23H26N4O3. The van der Waals surface area contributed by atoms with E-state index in [0.29, 0.717) is 23.9 Å². The van der Waals surface area contributed by atoms with Crippen molar-refractivity contribution in [2.24, 2.45) is 0 Å². The predicted octanol–water partition coefficient (Wildman–Crippen LogP) is 3.84. The summed E-state index contributed by atoms with van der Waals surface area (Å²) in [5.74, 6) is 1.09. The number of aromatic nitrogens is 3. The zero-order chi connectivity index (χ0) is 20.9. The largest absolute Gasteiger partial charge is 0.494 e. The van der Waals surface area contributed by atoms with Crippen LogP contribution in [0.5, 0.6) is 11.6 Å². The average Bonchev–Trinajstić information content (AvgIpc) is 3.45. The predicted molar refractivity (Wildman–Crippen MR) is 113 cm³/mol. The highest BCUT2D eigenvalue weighted by molar-refractivity contribution is 5.92. The Balaban J connectivity index is 1.36. The van der Waals surface area contributed by atoms with Crippen molar-refractivity contribution in [3.8, 4) is 17.3 Å². The number of nitrogens with one attached hydrogen (secondary N) is 1. The lowest BCUT2D eigenvalue weighted by atomic mass is 10.2. The topological polar surface area (TPSA) is 78.3 Å². The molecule has 7 nitrogen and oxygen atoms in total. The standard InChI is InChI=1S/C23H26N4O3/c1-16-7-9-21(29-2)20(13-16)27-12-11-19(26-27)23(28)25-15-17-8-10-22(24-14-17)30-18-5-3-4-6-18/h7-14,18H,3-6,15H2,1-2H3,(H,25,28). The third kappa shape index (κ3) is 4.62. The summed E-state index contributed by atoms with van der Waals surface area (Å²) in [7, 11) is 1.61. The summed E-state index contributed by atoms with van der Waals surface area (Å²) in [6, 6.07) is 11.3. The Labute approximate surface area is 176 Å². The number of pyridine rings is 1. The van der Waals surface area contributed by atoms with Gasteiger partial charge in [-0.15, -0.1) is 0 Å². The summed E-state index contributed by atoms with van der Waals surface area (Å²) in [4.78, 5) is 16.9. The van der Waals surface area contributed by atoms with Crippen LogP contribution in [-0.4, -0.2) is 33.9 Å². The number of ether oxygens (including phenoxy) is 2. The van der Waals surface area contributed by atoms with Crippen molar-refractivity contribution < 1.29 is 14.3 Å². The molecule has 0 bridgehead atoms. The van der Waals surface area contributed by atoms with E-state index in [0.717, 1.165) is 29.7 Å². The maximum Gasteiger partial charge on any atom is 0.272 e. The van der Waals surface area contributed by atoms with E-state index in [9.17, 15) is 4.79 Å². The highest BCUT2D eigenvalue weighted by Crippen LogP contribution is 2.24. The van der Waals surface area contributed by atoms with E-state index >= 15 is 0 Å². The van der Waals surface area contributed by atoms with Crippen LogP contribution in [0, 0.1) is 6.92 Å². The molecule has 0 radical (unpaired) electrons. The number of carbonyl (C=O) groups excluding carboxylic acids is 1. The summed E-state index contributed by atoms with van der Waals surface area (Å²) >= 11 is 0. The average molecular weight is 406 g/mol. The first-order valence-corrected chi connectivity index (χ1v) is 10.2. The minimum atomic E-state index is -0.244. The van der Waals surface area contributed by atoms with Gasteiger partial charge in [0.25, 0.3) is 5.91 Å². The molecular weight excluding hydrogens is 380 g/mol. The summed E-state index contributed by atoms with van der Waals surface area (Å²) in [5, 5.41) is 7.29. The highest BCUT2D eigenvalue weighted by Gasteiger charge is 2.17. The van der Waals surface area contributed by atoms with Crippen LogP contribution < -0.4 is 14.8 Å². The van der Waals surface area contributed by atoms with Gasteiger partial charge in [0.05, 0.1) is 7.11 Å². The number of hydrogen-bond donors (Lipinski definition) is 1. The maximum atomic E-state index is 12.5.